The number of rotatable bonds is 2. The standard InChI is InChI=1S/C5H5.CH2NO.Ni/c1-3-5-4-2;2-1-3;/h1-5H;(H2,2,3);/q2*-1;/b5-3-;;. The predicted octanol–water partition coefficient (Wildman–Crippen LogP) is -0.107. The Hall–Kier alpha value is -0.686. The second-order valence-corrected chi connectivity index (χ2v) is 1.13. The fourth-order valence-electron chi connectivity index (χ4n) is 0.0993. The summed E-state index contributed by atoms with van der Waals surface area (Å²) in [4.78, 5) is 10.0. The van der Waals surface area contributed by atoms with Gasteiger partial charge in [0, 0.05) is 0 Å². The van der Waals surface area contributed by atoms with Gasteiger partial charge in [0.15, 0.2) is 0 Å². The summed E-state index contributed by atoms with van der Waals surface area (Å²) in [5.41, 5.74) is 4.04. The van der Waals surface area contributed by atoms with Crippen LogP contribution in [0.4, 0.5) is 0 Å². The van der Waals surface area contributed by atoms with Gasteiger partial charge in [-0.3, -0.25) is 0 Å². The first kappa shape index (κ1) is 11.2. The summed E-state index contributed by atoms with van der Waals surface area (Å²) in [6, 6.07) is 0. The van der Waals surface area contributed by atoms with Crippen LogP contribution in [0.15, 0.2) is 18.2 Å². The third kappa shape index (κ3) is 38.6. The van der Waals surface area contributed by atoms with E-state index in [9.17, 15) is 0 Å². The van der Waals surface area contributed by atoms with Crippen LogP contribution in [0.5, 0.6) is 0 Å². The predicted molar refractivity (Wildman–Crippen MR) is 34.0 cm³/mol. The molecule has 0 bridgehead atoms. The van der Waals surface area contributed by atoms with Crippen molar-refractivity contribution in [2.75, 3.05) is 0 Å². The van der Waals surface area contributed by atoms with Crippen LogP contribution in [0.3, 0.4) is 0 Å². The second-order valence-electron chi connectivity index (χ2n) is 0.801. The molecular formula is C6H7NNiO-2. The molecule has 2 N–H and O–H groups in total. The van der Waals surface area contributed by atoms with Gasteiger partial charge in [0.1, 0.15) is 0 Å². The zero-order chi connectivity index (χ0) is 7.54. The first-order valence-electron chi connectivity index (χ1n) is 2.01. The van der Waals surface area contributed by atoms with Crippen molar-refractivity contribution in [3.05, 3.63) is 24.8 Å². The molecule has 0 aliphatic carbocycles. The van der Waals surface area contributed by atoms with Crippen LogP contribution in [0.1, 0.15) is 0 Å². The van der Waals surface area contributed by atoms with Gasteiger partial charge >= 0.3 is 44.8 Å². The van der Waals surface area contributed by atoms with Crippen LogP contribution in [0.25, 0.3) is 0 Å². The zero-order valence-corrected chi connectivity index (χ0v) is 5.68. The van der Waals surface area contributed by atoms with Crippen molar-refractivity contribution in [3.8, 4) is 0 Å². The van der Waals surface area contributed by atoms with Gasteiger partial charge in [0.05, 0.1) is 0 Å². The van der Waals surface area contributed by atoms with Crippen LogP contribution in [0.2, 0.25) is 0 Å². The van der Waals surface area contributed by atoms with Gasteiger partial charge in [-0.05, 0) is 0 Å². The van der Waals surface area contributed by atoms with E-state index in [1.807, 2.05) is 0 Å². The third-order valence-corrected chi connectivity index (χ3v) is 0.473. The summed E-state index contributed by atoms with van der Waals surface area (Å²) >= 11 is 4.18. The van der Waals surface area contributed by atoms with Crippen molar-refractivity contribution < 1.29 is 19.8 Å². The Balaban J connectivity index is 0. The topological polar surface area (TPSA) is 43.1 Å². The van der Waals surface area contributed by atoms with E-state index in [0.29, 0.717) is 0 Å². The molecule has 1 amide bonds. The summed E-state index contributed by atoms with van der Waals surface area (Å²) < 4.78 is 0. The van der Waals surface area contributed by atoms with E-state index in [1.54, 1.807) is 17.1 Å². The molecule has 0 aromatic rings. The van der Waals surface area contributed by atoms with Crippen molar-refractivity contribution in [3.63, 3.8) is 0 Å². The molecule has 0 aliphatic rings. The van der Waals surface area contributed by atoms with Gasteiger partial charge in [-0.1, -0.05) is 0 Å². The average molecular weight is 168 g/mol. The van der Waals surface area contributed by atoms with E-state index in [0.717, 1.165) is 6.41 Å². The number of primary amides is 1. The minimum absolute atomic E-state index is 1.00. The molecule has 0 aromatic carbocycles. The maximum atomic E-state index is 8.46. The van der Waals surface area contributed by atoms with Gasteiger partial charge in [-0.2, -0.15) is 6.41 Å². The number of amides is 1. The number of hydrogen-bond acceptors (Lipinski definition) is 1. The molecule has 9 heavy (non-hydrogen) atoms. The van der Waals surface area contributed by atoms with Crippen LogP contribution >= 0.6 is 0 Å². The first-order chi connectivity index (χ1) is 4.33. The van der Waals surface area contributed by atoms with Crippen LogP contribution in [0, 0.1) is 6.58 Å². The molecule has 0 unspecified atom stereocenters. The molecule has 3 heteroatoms. The second kappa shape index (κ2) is 15.7. The molecule has 0 fully saturated rings. The monoisotopic (exact) mass is 167 g/mol. The Morgan fingerprint density at radius 3 is 2.11 bits per heavy atom. The fraction of sp³-hybridized carbons (Fsp3) is 0. The quantitative estimate of drug-likeness (QED) is 0.266. The van der Waals surface area contributed by atoms with Crippen molar-refractivity contribution in [2.24, 2.45) is 5.73 Å². The Bertz CT molecular complexity index is 99.6. The summed E-state index contributed by atoms with van der Waals surface area (Å²) in [7, 11) is 0. The minimum atomic E-state index is 1.00. The Morgan fingerprint density at radius 1 is 1.56 bits per heavy atom. The van der Waals surface area contributed by atoms with Crippen molar-refractivity contribution in [1.82, 2.24) is 0 Å². The Kier molecular flexibility index (Phi) is 19.4. The molecule has 0 radical (unpaired) electrons. The normalized spacial score (nSPS) is 7.33. The molecule has 0 aliphatic heterocycles. The molecule has 0 saturated heterocycles. The fourth-order valence-corrected chi connectivity index (χ4v) is 0.209. The van der Waals surface area contributed by atoms with Crippen molar-refractivity contribution in [1.29, 1.82) is 0 Å². The van der Waals surface area contributed by atoms with E-state index in [1.165, 1.54) is 6.08 Å². The van der Waals surface area contributed by atoms with Crippen LogP contribution in [-0.4, -0.2) is 11.4 Å². The summed E-state index contributed by atoms with van der Waals surface area (Å²) in [6.07, 6.45) is 5.83. The van der Waals surface area contributed by atoms with E-state index >= 15 is 0 Å². The first-order valence-corrected chi connectivity index (χ1v) is 2.58. The Labute approximate surface area is 62.3 Å². The maximum absolute atomic E-state index is 8.46. The SMILES string of the molecule is N[C-]=O.[CH-]=C/C=C\[CH]=[Ni]. The molecule has 0 spiro atoms. The van der Waals surface area contributed by atoms with Crippen LogP contribution < -0.4 is 5.73 Å². The molecule has 0 heterocycles. The van der Waals surface area contributed by atoms with Crippen LogP contribution in [-0.2, 0) is 19.8 Å². The zero-order valence-electron chi connectivity index (χ0n) is 4.69. The molecule has 0 atom stereocenters. The molecular weight excluding hydrogens is 161 g/mol. The number of nitrogens with two attached hydrogens (primary N) is 1. The van der Waals surface area contributed by atoms with E-state index < -0.39 is 0 Å². The number of hydrogen-bond donors (Lipinski definition) is 1. The van der Waals surface area contributed by atoms with Gasteiger partial charge in [-0.25, -0.2) is 0 Å². The van der Waals surface area contributed by atoms with Gasteiger partial charge in [-0.15, -0.1) is 0 Å². The summed E-state index contributed by atoms with van der Waals surface area (Å²) in [5, 5.41) is 0. The van der Waals surface area contributed by atoms with Gasteiger partial charge in [0.2, 0.25) is 0 Å². The third-order valence-electron chi connectivity index (χ3n) is 0.283. The van der Waals surface area contributed by atoms with E-state index in [4.69, 9.17) is 11.4 Å². The van der Waals surface area contributed by atoms with Gasteiger partial charge in [0.25, 0.3) is 0 Å². The molecule has 0 aromatic heterocycles. The van der Waals surface area contributed by atoms with Crippen molar-refractivity contribution >= 4 is 11.4 Å². The molecule has 0 saturated carbocycles. The van der Waals surface area contributed by atoms with E-state index in [2.05, 4.69) is 20.8 Å². The Morgan fingerprint density at radius 2 is 2.00 bits per heavy atom. The van der Waals surface area contributed by atoms with Gasteiger partial charge < -0.3 is 10.5 Å². The summed E-state index contributed by atoms with van der Waals surface area (Å²) in [6.45, 7) is 4.94. The number of allylic oxidation sites excluding steroid dienone is 3. The molecule has 54 valence electrons. The average Bonchev–Trinajstić information content (AvgIpc) is 1.86. The van der Waals surface area contributed by atoms with E-state index in [-0.39, 0.29) is 0 Å². The van der Waals surface area contributed by atoms with Crippen molar-refractivity contribution in [2.45, 2.75) is 0 Å². The molecule has 2 nitrogen and oxygen atoms in total. The molecule has 0 rings (SSSR count). The number of carbonyl (C=O) groups excluding carboxylic acids is 1. The summed E-state index contributed by atoms with van der Waals surface area (Å²) in [5.74, 6) is 0.